The summed E-state index contributed by atoms with van der Waals surface area (Å²) in [6.07, 6.45) is 10.0. The molecule has 6 nitrogen and oxygen atoms in total. The maximum atomic E-state index is 12.0. The van der Waals surface area contributed by atoms with E-state index in [0.29, 0.717) is 22.3 Å². The van der Waals surface area contributed by atoms with Crippen molar-refractivity contribution in [1.29, 1.82) is 0 Å². The summed E-state index contributed by atoms with van der Waals surface area (Å²) in [5.41, 5.74) is 2.24. The minimum Gasteiger partial charge on any atom is -0.320 e. The van der Waals surface area contributed by atoms with Gasteiger partial charge in [0.2, 0.25) is 5.91 Å². The van der Waals surface area contributed by atoms with Gasteiger partial charge in [0.05, 0.1) is 24.6 Å². The number of rotatable bonds is 6. The number of aryl methyl sites for hydroxylation is 1. The third-order valence-electron chi connectivity index (χ3n) is 3.69. The molecule has 0 aliphatic carbocycles. The molecular formula is C18H17Cl2N5O. The molecule has 134 valence electrons. The van der Waals surface area contributed by atoms with Gasteiger partial charge in [-0.2, -0.15) is 10.2 Å². The van der Waals surface area contributed by atoms with Crippen molar-refractivity contribution < 1.29 is 4.79 Å². The number of benzene rings is 1. The number of aromatic nitrogens is 4. The van der Waals surface area contributed by atoms with Crippen molar-refractivity contribution in [3.63, 3.8) is 0 Å². The van der Waals surface area contributed by atoms with Crippen LogP contribution < -0.4 is 5.32 Å². The second-order valence-corrected chi connectivity index (χ2v) is 6.39. The number of anilines is 1. The summed E-state index contributed by atoms with van der Waals surface area (Å²) in [6, 6.07) is 5.35. The lowest BCUT2D eigenvalue weighted by molar-refractivity contribution is -0.111. The molecule has 3 rings (SSSR count). The van der Waals surface area contributed by atoms with Crippen molar-refractivity contribution in [3.05, 3.63) is 70.2 Å². The summed E-state index contributed by atoms with van der Waals surface area (Å²) >= 11 is 12.3. The van der Waals surface area contributed by atoms with Gasteiger partial charge in [-0.1, -0.05) is 29.3 Å². The first-order chi connectivity index (χ1) is 12.5. The molecule has 0 atom stereocenters. The van der Waals surface area contributed by atoms with Crippen LogP contribution in [0.2, 0.25) is 10.0 Å². The minimum absolute atomic E-state index is 0.246. The molecule has 0 aliphatic rings. The highest BCUT2D eigenvalue weighted by molar-refractivity contribution is 6.35. The molecule has 0 saturated heterocycles. The lowest BCUT2D eigenvalue weighted by Crippen LogP contribution is -2.07. The Bertz CT molecular complexity index is 924. The van der Waals surface area contributed by atoms with Gasteiger partial charge >= 0.3 is 0 Å². The SMILES string of the molecule is CCn1cc(/C=C\C(=O)Nc2cnn(Cc3c(Cl)cccc3Cl)c2)cn1. The van der Waals surface area contributed by atoms with E-state index in [0.717, 1.165) is 17.7 Å². The zero-order valence-corrected chi connectivity index (χ0v) is 15.6. The van der Waals surface area contributed by atoms with Crippen molar-refractivity contribution in [2.45, 2.75) is 20.0 Å². The lowest BCUT2D eigenvalue weighted by Gasteiger charge is -2.06. The Morgan fingerprint density at radius 2 is 1.88 bits per heavy atom. The van der Waals surface area contributed by atoms with E-state index < -0.39 is 0 Å². The summed E-state index contributed by atoms with van der Waals surface area (Å²) in [5, 5.41) is 12.3. The maximum Gasteiger partial charge on any atom is 0.248 e. The Kier molecular flexibility index (Phi) is 5.75. The topological polar surface area (TPSA) is 64.7 Å². The second-order valence-electron chi connectivity index (χ2n) is 5.58. The van der Waals surface area contributed by atoms with E-state index in [2.05, 4.69) is 15.5 Å². The monoisotopic (exact) mass is 389 g/mol. The van der Waals surface area contributed by atoms with Crippen LogP contribution >= 0.6 is 23.2 Å². The molecular weight excluding hydrogens is 373 g/mol. The van der Waals surface area contributed by atoms with Gasteiger partial charge in [0.25, 0.3) is 0 Å². The van der Waals surface area contributed by atoms with Crippen molar-refractivity contribution in [2.24, 2.45) is 0 Å². The molecule has 2 aromatic heterocycles. The number of carbonyl (C=O) groups excluding carboxylic acids is 1. The molecule has 1 aromatic carbocycles. The van der Waals surface area contributed by atoms with Gasteiger partial charge in [-0.05, 0) is 25.1 Å². The Labute approximate surface area is 161 Å². The summed E-state index contributed by atoms with van der Waals surface area (Å²) in [4.78, 5) is 12.0. The molecule has 0 unspecified atom stereocenters. The molecule has 1 amide bonds. The largest absolute Gasteiger partial charge is 0.320 e. The average Bonchev–Trinajstić information content (AvgIpc) is 3.25. The fourth-order valence-electron chi connectivity index (χ4n) is 2.35. The highest BCUT2D eigenvalue weighted by Crippen LogP contribution is 2.25. The first-order valence-corrected chi connectivity index (χ1v) is 8.77. The molecule has 0 saturated carbocycles. The first kappa shape index (κ1) is 18.2. The highest BCUT2D eigenvalue weighted by atomic mass is 35.5. The van der Waals surface area contributed by atoms with Crippen LogP contribution in [0.3, 0.4) is 0 Å². The van der Waals surface area contributed by atoms with Gasteiger partial charge in [0.15, 0.2) is 0 Å². The molecule has 0 fully saturated rings. The molecule has 0 spiro atoms. The van der Waals surface area contributed by atoms with E-state index in [4.69, 9.17) is 23.2 Å². The number of amides is 1. The fraction of sp³-hybridized carbons (Fsp3) is 0.167. The van der Waals surface area contributed by atoms with E-state index in [-0.39, 0.29) is 5.91 Å². The molecule has 8 heteroatoms. The van der Waals surface area contributed by atoms with Crippen molar-refractivity contribution in [2.75, 3.05) is 5.32 Å². The zero-order valence-electron chi connectivity index (χ0n) is 14.1. The molecule has 3 aromatic rings. The molecule has 0 bridgehead atoms. The van der Waals surface area contributed by atoms with E-state index in [1.54, 1.807) is 52.2 Å². The predicted molar refractivity (Wildman–Crippen MR) is 103 cm³/mol. The molecule has 26 heavy (non-hydrogen) atoms. The summed E-state index contributed by atoms with van der Waals surface area (Å²) in [7, 11) is 0. The Hall–Kier alpha value is -2.57. The van der Waals surface area contributed by atoms with Gasteiger partial charge < -0.3 is 5.32 Å². The molecule has 1 N–H and O–H groups in total. The van der Waals surface area contributed by atoms with Crippen LogP contribution in [0.15, 0.2) is 49.1 Å². The first-order valence-electron chi connectivity index (χ1n) is 8.02. The Morgan fingerprint density at radius 1 is 1.15 bits per heavy atom. The van der Waals surface area contributed by atoms with Crippen LogP contribution in [0.4, 0.5) is 5.69 Å². The van der Waals surface area contributed by atoms with Gasteiger partial charge in [-0.3, -0.25) is 14.2 Å². The third-order valence-corrected chi connectivity index (χ3v) is 4.40. The van der Waals surface area contributed by atoms with Crippen LogP contribution in [0.1, 0.15) is 18.1 Å². The summed E-state index contributed by atoms with van der Waals surface area (Å²) < 4.78 is 3.46. The van der Waals surface area contributed by atoms with Crippen molar-refractivity contribution in [1.82, 2.24) is 19.6 Å². The number of nitrogens with one attached hydrogen (secondary N) is 1. The number of halogens is 2. The van der Waals surface area contributed by atoms with E-state index in [9.17, 15) is 4.79 Å². The number of hydrogen-bond donors (Lipinski definition) is 1. The Morgan fingerprint density at radius 3 is 2.58 bits per heavy atom. The smallest absolute Gasteiger partial charge is 0.248 e. The maximum absolute atomic E-state index is 12.0. The molecule has 0 aliphatic heterocycles. The van der Waals surface area contributed by atoms with Crippen molar-refractivity contribution in [3.8, 4) is 0 Å². The normalized spacial score (nSPS) is 11.2. The quantitative estimate of drug-likeness (QED) is 0.645. The van der Waals surface area contributed by atoms with Crippen LogP contribution in [0.5, 0.6) is 0 Å². The number of hydrogen-bond acceptors (Lipinski definition) is 3. The predicted octanol–water partition coefficient (Wildman–Crippen LogP) is 4.11. The van der Waals surface area contributed by atoms with Gasteiger partial charge in [0.1, 0.15) is 0 Å². The third kappa shape index (κ3) is 4.53. The highest BCUT2D eigenvalue weighted by Gasteiger charge is 2.08. The fourth-order valence-corrected chi connectivity index (χ4v) is 2.87. The van der Waals surface area contributed by atoms with E-state index in [1.165, 1.54) is 6.08 Å². The second kappa shape index (κ2) is 8.21. The van der Waals surface area contributed by atoms with E-state index >= 15 is 0 Å². The average molecular weight is 390 g/mol. The molecule has 2 heterocycles. The minimum atomic E-state index is -0.246. The summed E-state index contributed by atoms with van der Waals surface area (Å²) in [6.45, 7) is 3.20. The van der Waals surface area contributed by atoms with Gasteiger partial charge in [-0.15, -0.1) is 0 Å². The zero-order chi connectivity index (χ0) is 18.5. The standard InChI is InChI=1S/C18H17Cl2N5O/c1-2-24-10-13(8-21-24)6-7-18(26)23-14-9-22-25(11-14)12-15-16(19)4-3-5-17(15)20/h3-11H,2,12H2,1H3,(H,23,26)/b7-6-. The number of nitrogens with zero attached hydrogens (tertiary/aromatic N) is 4. The van der Waals surface area contributed by atoms with Crippen LogP contribution in [0.25, 0.3) is 6.08 Å². The Balaban J connectivity index is 1.62. The summed E-state index contributed by atoms with van der Waals surface area (Å²) in [5.74, 6) is -0.246. The van der Waals surface area contributed by atoms with Crippen molar-refractivity contribution >= 4 is 40.9 Å². The van der Waals surface area contributed by atoms with Crippen LogP contribution in [-0.4, -0.2) is 25.5 Å². The van der Waals surface area contributed by atoms with E-state index in [1.807, 2.05) is 13.1 Å². The van der Waals surface area contributed by atoms with Gasteiger partial charge in [0, 0.05) is 46.2 Å². The molecule has 0 radical (unpaired) electrons. The number of carbonyl (C=O) groups is 1. The van der Waals surface area contributed by atoms with Gasteiger partial charge in [-0.25, -0.2) is 0 Å². The van der Waals surface area contributed by atoms with Crippen LogP contribution in [0, 0.1) is 0 Å². The lowest BCUT2D eigenvalue weighted by atomic mass is 10.2. The van der Waals surface area contributed by atoms with Crippen LogP contribution in [-0.2, 0) is 17.9 Å².